The van der Waals surface area contributed by atoms with Crippen LogP contribution in [0.5, 0.6) is 0 Å². The molecule has 146 valence electrons. The van der Waals surface area contributed by atoms with Crippen molar-refractivity contribution in [3.63, 3.8) is 0 Å². The van der Waals surface area contributed by atoms with E-state index in [9.17, 15) is 9.59 Å². The summed E-state index contributed by atoms with van der Waals surface area (Å²) in [5, 5.41) is 7.54. The minimum Gasteiger partial charge on any atom is -0.359 e. The van der Waals surface area contributed by atoms with E-state index in [0.29, 0.717) is 11.4 Å². The van der Waals surface area contributed by atoms with Crippen LogP contribution in [0.4, 0.5) is 0 Å². The summed E-state index contributed by atoms with van der Waals surface area (Å²) in [7, 11) is 1.57. The van der Waals surface area contributed by atoms with E-state index in [-0.39, 0.29) is 24.3 Å². The number of hydrogen-bond acceptors (Lipinski definition) is 4. The number of pyridine rings is 1. The molecule has 1 unspecified atom stereocenters. The Labute approximate surface area is 167 Å². The van der Waals surface area contributed by atoms with E-state index < -0.39 is 0 Å². The number of rotatable bonds is 5. The molecule has 4 aromatic rings. The molecule has 29 heavy (non-hydrogen) atoms. The van der Waals surface area contributed by atoms with Gasteiger partial charge in [-0.25, -0.2) is 4.98 Å². The third kappa shape index (κ3) is 3.94. The number of amides is 2. The van der Waals surface area contributed by atoms with Gasteiger partial charge in [-0.1, -0.05) is 24.3 Å². The first-order valence-corrected chi connectivity index (χ1v) is 9.40. The lowest BCUT2D eigenvalue weighted by atomic mass is 10.1. The molecular weight excluding hydrogens is 366 g/mol. The fourth-order valence-electron chi connectivity index (χ4n) is 3.22. The summed E-state index contributed by atoms with van der Waals surface area (Å²) in [5.41, 5.74) is 2.75. The van der Waals surface area contributed by atoms with Crippen LogP contribution in [-0.4, -0.2) is 39.9 Å². The zero-order valence-electron chi connectivity index (χ0n) is 16.2. The highest BCUT2D eigenvalue weighted by Gasteiger charge is 2.14. The zero-order chi connectivity index (χ0) is 20.4. The van der Waals surface area contributed by atoms with E-state index in [1.165, 1.54) is 0 Å². The van der Waals surface area contributed by atoms with Gasteiger partial charge in [0.15, 0.2) is 5.82 Å². The van der Waals surface area contributed by atoms with Crippen LogP contribution in [-0.2, 0) is 4.79 Å². The van der Waals surface area contributed by atoms with Crippen LogP contribution in [0.15, 0.2) is 54.7 Å². The van der Waals surface area contributed by atoms with Crippen molar-refractivity contribution in [1.29, 1.82) is 0 Å². The van der Waals surface area contributed by atoms with Crippen molar-refractivity contribution in [1.82, 2.24) is 25.6 Å². The smallest absolute Gasteiger partial charge is 0.251 e. The predicted molar refractivity (Wildman–Crippen MR) is 112 cm³/mol. The Morgan fingerprint density at radius 3 is 2.69 bits per heavy atom. The van der Waals surface area contributed by atoms with Gasteiger partial charge in [0, 0.05) is 36.7 Å². The van der Waals surface area contributed by atoms with Crippen molar-refractivity contribution in [2.24, 2.45) is 0 Å². The summed E-state index contributed by atoms with van der Waals surface area (Å²) in [6.07, 6.45) is 2.05. The molecule has 7 nitrogen and oxygen atoms in total. The molecule has 7 heteroatoms. The Hall–Kier alpha value is -3.74. The van der Waals surface area contributed by atoms with Gasteiger partial charge >= 0.3 is 0 Å². The van der Waals surface area contributed by atoms with Crippen LogP contribution in [0, 0.1) is 0 Å². The topological polar surface area (TPSA) is 99.8 Å². The van der Waals surface area contributed by atoms with Gasteiger partial charge in [-0.05, 0) is 36.6 Å². The van der Waals surface area contributed by atoms with Crippen LogP contribution in [0.1, 0.15) is 23.7 Å². The maximum absolute atomic E-state index is 12.5. The number of imidazole rings is 1. The Morgan fingerprint density at radius 1 is 1.10 bits per heavy atom. The maximum Gasteiger partial charge on any atom is 0.251 e. The van der Waals surface area contributed by atoms with Gasteiger partial charge in [0.1, 0.15) is 5.69 Å². The average Bonchev–Trinajstić information content (AvgIpc) is 3.16. The van der Waals surface area contributed by atoms with Gasteiger partial charge < -0.3 is 15.6 Å². The molecular formula is C22H21N5O2. The highest BCUT2D eigenvalue weighted by Crippen LogP contribution is 2.23. The van der Waals surface area contributed by atoms with Crippen molar-refractivity contribution in [3.05, 3.63) is 60.3 Å². The predicted octanol–water partition coefficient (Wildman–Crippen LogP) is 3.03. The number of H-pyrrole nitrogens is 1. The van der Waals surface area contributed by atoms with Gasteiger partial charge in [0.25, 0.3) is 5.91 Å². The number of nitrogens with zero attached hydrogens (tertiary/aromatic N) is 2. The van der Waals surface area contributed by atoms with E-state index in [1.807, 2.05) is 36.5 Å². The summed E-state index contributed by atoms with van der Waals surface area (Å²) in [4.78, 5) is 36.3. The normalized spacial score (nSPS) is 12.1. The monoisotopic (exact) mass is 387 g/mol. The summed E-state index contributed by atoms with van der Waals surface area (Å²) >= 11 is 0. The molecule has 3 N–H and O–H groups in total. The lowest BCUT2D eigenvalue weighted by molar-refractivity contribution is -0.120. The third-order valence-electron chi connectivity index (χ3n) is 4.77. The Morgan fingerprint density at radius 2 is 1.90 bits per heavy atom. The quantitative estimate of drug-likeness (QED) is 0.490. The second kappa shape index (κ2) is 7.71. The van der Waals surface area contributed by atoms with E-state index in [4.69, 9.17) is 0 Å². The van der Waals surface area contributed by atoms with Crippen LogP contribution in [0.3, 0.4) is 0 Å². The van der Waals surface area contributed by atoms with Crippen molar-refractivity contribution in [2.45, 2.75) is 19.4 Å². The Kier molecular flexibility index (Phi) is 4.95. The lowest BCUT2D eigenvalue weighted by Gasteiger charge is -2.12. The van der Waals surface area contributed by atoms with Crippen LogP contribution in [0.2, 0.25) is 0 Å². The molecule has 0 aliphatic carbocycles. The minimum absolute atomic E-state index is 0.116. The molecule has 0 saturated carbocycles. The molecule has 0 spiro atoms. The summed E-state index contributed by atoms with van der Waals surface area (Å²) in [5.74, 6) is 0.300. The van der Waals surface area contributed by atoms with Gasteiger partial charge in [0.2, 0.25) is 5.91 Å². The van der Waals surface area contributed by atoms with E-state index in [2.05, 4.69) is 25.6 Å². The molecule has 1 atom stereocenters. The molecule has 4 rings (SSSR count). The van der Waals surface area contributed by atoms with Gasteiger partial charge in [-0.2, -0.15) is 0 Å². The number of aromatic nitrogens is 3. The Bertz CT molecular complexity index is 1210. The fraction of sp³-hybridized carbons (Fsp3) is 0.182. The highest BCUT2D eigenvalue weighted by molar-refractivity contribution is 5.98. The third-order valence-corrected chi connectivity index (χ3v) is 4.77. The number of fused-ring (bicyclic) bond motifs is 2. The molecule has 0 aliphatic heterocycles. The van der Waals surface area contributed by atoms with E-state index in [0.717, 1.165) is 27.5 Å². The maximum atomic E-state index is 12.5. The van der Waals surface area contributed by atoms with Gasteiger partial charge in [-0.3, -0.25) is 14.6 Å². The second-order valence-corrected chi connectivity index (χ2v) is 6.99. The van der Waals surface area contributed by atoms with Crippen LogP contribution < -0.4 is 10.6 Å². The fourth-order valence-corrected chi connectivity index (χ4v) is 3.22. The summed E-state index contributed by atoms with van der Waals surface area (Å²) < 4.78 is 0. The molecule has 2 aromatic heterocycles. The molecule has 0 aliphatic rings. The number of carbonyl (C=O) groups is 2. The first-order chi connectivity index (χ1) is 14.0. The SMILES string of the molecule is CNC(=O)CC(C)NC(=O)c1ccc2nc(-c3cc4ccccc4cn3)[nH]c2c1. The van der Waals surface area contributed by atoms with Crippen LogP contribution in [0.25, 0.3) is 33.3 Å². The first-order valence-electron chi connectivity index (χ1n) is 9.40. The van der Waals surface area contributed by atoms with Crippen molar-refractivity contribution in [3.8, 4) is 11.5 Å². The average molecular weight is 387 g/mol. The first kappa shape index (κ1) is 18.6. The largest absolute Gasteiger partial charge is 0.359 e. The molecule has 2 aromatic carbocycles. The second-order valence-electron chi connectivity index (χ2n) is 6.99. The van der Waals surface area contributed by atoms with Crippen LogP contribution >= 0.6 is 0 Å². The standard InChI is InChI=1S/C22H21N5O2/c1-13(9-20(28)23-2)25-22(29)15-7-8-17-18(11-15)27-21(26-17)19-10-14-5-3-4-6-16(14)12-24-19/h3-8,10-13H,9H2,1-2H3,(H,23,28)(H,25,29)(H,26,27). The lowest BCUT2D eigenvalue weighted by Crippen LogP contribution is -2.36. The van der Waals surface area contributed by atoms with Gasteiger partial charge in [-0.15, -0.1) is 0 Å². The number of hydrogen-bond donors (Lipinski definition) is 3. The summed E-state index contributed by atoms with van der Waals surface area (Å²) in [6.45, 7) is 1.80. The highest BCUT2D eigenvalue weighted by atomic mass is 16.2. The number of carbonyl (C=O) groups excluding carboxylic acids is 2. The van der Waals surface area contributed by atoms with Gasteiger partial charge in [0.05, 0.1) is 11.0 Å². The molecule has 0 saturated heterocycles. The molecule has 0 fully saturated rings. The molecule has 2 amide bonds. The zero-order valence-corrected chi connectivity index (χ0v) is 16.2. The number of aromatic amines is 1. The van der Waals surface area contributed by atoms with Crippen molar-refractivity contribution >= 4 is 33.6 Å². The van der Waals surface area contributed by atoms with E-state index in [1.54, 1.807) is 32.2 Å². The van der Waals surface area contributed by atoms with E-state index >= 15 is 0 Å². The van der Waals surface area contributed by atoms with Crippen molar-refractivity contribution < 1.29 is 9.59 Å². The Balaban J connectivity index is 1.58. The summed E-state index contributed by atoms with van der Waals surface area (Å²) in [6, 6.07) is 15.0. The number of nitrogens with one attached hydrogen (secondary N) is 3. The number of benzene rings is 2. The van der Waals surface area contributed by atoms with Crippen molar-refractivity contribution in [2.75, 3.05) is 7.05 Å². The molecule has 2 heterocycles. The molecule has 0 radical (unpaired) electrons. The molecule has 0 bridgehead atoms. The minimum atomic E-state index is -0.266.